The Kier molecular flexibility index (Phi) is 5.78. The van der Waals surface area contributed by atoms with Crippen molar-refractivity contribution in [1.82, 2.24) is 19.4 Å². The maximum Gasteiger partial charge on any atom is 0.407 e. The van der Waals surface area contributed by atoms with E-state index in [1.807, 2.05) is 0 Å². The average Bonchev–Trinajstić information content (AvgIpc) is 3.37. The molecule has 3 aliphatic rings. The molecule has 0 spiro atoms. The van der Waals surface area contributed by atoms with E-state index in [2.05, 4.69) is 21.7 Å². The van der Waals surface area contributed by atoms with Gasteiger partial charge in [-0.1, -0.05) is 6.08 Å². The molecule has 0 bridgehead atoms. The maximum absolute atomic E-state index is 11.2. The number of hydrogen-bond donors (Lipinski definition) is 1. The molecule has 0 atom stereocenters. The van der Waals surface area contributed by atoms with Crippen LogP contribution in [0.1, 0.15) is 49.5 Å². The quantitative estimate of drug-likeness (QED) is 0.858. The number of amides is 1. The molecule has 4 rings (SSSR count). The first-order valence-corrected chi connectivity index (χ1v) is 10.2. The Morgan fingerprint density at radius 3 is 2.63 bits per heavy atom. The molecule has 0 saturated carbocycles. The fourth-order valence-electron chi connectivity index (χ4n) is 4.43. The highest BCUT2D eigenvalue weighted by Gasteiger charge is 2.27. The SMILES string of the molecule is O=C(O)N1CCC(c2nc(C3=CCOCC3)cn2CCN2CCCC2)CC1. The number of ether oxygens (including phenoxy) is 1. The third kappa shape index (κ3) is 4.35. The number of imidazole rings is 1. The number of carbonyl (C=O) groups is 1. The number of piperidine rings is 1. The van der Waals surface area contributed by atoms with Gasteiger partial charge in [-0.05, 0) is 50.8 Å². The van der Waals surface area contributed by atoms with E-state index in [0.29, 0.717) is 25.6 Å². The summed E-state index contributed by atoms with van der Waals surface area (Å²) in [7, 11) is 0. The second kappa shape index (κ2) is 8.44. The van der Waals surface area contributed by atoms with Crippen molar-refractivity contribution in [3.8, 4) is 0 Å². The fraction of sp³-hybridized carbons (Fsp3) is 0.700. The lowest BCUT2D eigenvalue weighted by atomic mass is 9.96. The first-order valence-electron chi connectivity index (χ1n) is 10.2. The van der Waals surface area contributed by atoms with Crippen LogP contribution in [0.25, 0.3) is 5.57 Å². The van der Waals surface area contributed by atoms with Crippen LogP contribution in [-0.2, 0) is 11.3 Å². The number of rotatable bonds is 5. The summed E-state index contributed by atoms with van der Waals surface area (Å²) in [6, 6.07) is 0. The Morgan fingerprint density at radius 2 is 1.96 bits per heavy atom. The Hall–Kier alpha value is -1.86. The van der Waals surface area contributed by atoms with Gasteiger partial charge in [0.25, 0.3) is 0 Å². The highest BCUT2D eigenvalue weighted by molar-refractivity contribution is 5.65. The molecule has 0 aliphatic carbocycles. The minimum Gasteiger partial charge on any atom is -0.465 e. The molecule has 2 fully saturated rings. The molecule has 0 unspecified atom stereocenters. The fourth-order valence-corrected chi connectivity index (χ4v) is 4.43. The molecule has 7 nitrogen and oxygen atoms in total. The van der Waals surface area contributed by atoms with Crippen LogP contribution in [-0.4, -0.2) is 76.5 Å². The summed E-state index contributed by atoms with van der Waals surface area (Å²) >= 11 is 0. The summed E-state index contributed by atoms with van der Waals surface area (Å²) < 4.78 is 7.78. The molecule has 1 aromatic heterocycles. The lowest BCUT2D eigenvalue weighted by Gasteiger charge is -2.30. The van der Waals surface area contributed by atoms with Gasteiger partial charge in [0.1, 0.15) is 5.82 Å². The van der Waals surface area contributed by atoms with Gasteiger partial charge < -0.3 is 24.2 Å². The number of carboxylic acid groups (broad SMARTS) is 1. The van der Waals surface area contributed by atoms with Gasteiger partial charge in [0.05, 0.1) is 18.9 Å². The minimum absolute atomic E-state index is 0.341. The van der Waals surface area contributed by atoms with Crippen molar-refractivity contribution in [3.05, 3.63) is 23.8 Å². The van der Waals surface area contributed by atoms with Crippen LogP contribution >= 0.6 is 0 Å². The molecular weight excluding hydrogens is 344 g/mol. The van der Waals surface area contributed by atoms with Crippen molar-refractivity contribution < 1.29 is 14.6 Å². The molecule has 7 heteroatoms. The molecule has 1 N–H and O–H groups in total. The lowest BCUT2D eigenvalue weighted by Crippen LogP contribution is -2.37. The van der Waals surface area contributed by atoms with E-state index in [4.69, 9.17) is 9.72 Å². The van der Waals surface area contributed by atoms with E-state index >= 15 is 0 Å². The number of aromatic nitrogens is 2. The van der Waals surface area contributed by atoms with E-state index in [0.717, 1.165) is 50.5 Å². The monoisotopic (exact) mass is 374 g/mol. The second-order valence-corrected chi connectivity index (χ2v) is 7.82. The number of hydrogen-bond acceptors (Lipinski definition) is 4. The summed E-state index contributed by atoms with van der Waals surface area (Å²) in [5.74, 6) is 1.48. The van der Waals surface area contributed by atoms with Crippen LogP contribution in [0.3, 0.4) is 0 Å². The Balaban J connectivity index is 1.51. The molecule has 4 heterocycles. The lowest BCUT2D eigenvalue weighted by molar-refractivity contribution is 0.131. The zero-order valence-corrected chi connectivity index (χ0v) is 16.0. The molecule has 3 aliphatic heterocycles. The average molecular weight is 374 g/mol. The third-order valence-electron chi connectivity index (χ3n) is 6.09. The molecule has 27 heavy (non-hydrogen) atoms. The Labute approximate surface area is 160 Å². The molecule has 0 aromatic carbocycles. The van der Waals surface area contributed by atoms with Gasteiger partial charge in [0.2, 0.25) is 0 Å². The van der Waals surface area contributed by atoms with Gasteiger partial charge in [-0.3, -0.25) is 0 Å². The molecular formula is C20H30N4O3. The van der Waals surface area contributed by atoms with Crippen LogP contribution in [0, 0.1) is 0 Å². The normalized spacial score (nSPS) is 22.2. The maximum atomic E-state index is 11.2. The Morgan fingerprint density at radius 1 is 1.19 bits per heavy atom. The standard InChI is InChI=1S/C20H30N4O3/c25-20(26)23-9-3-17(4-10-23)19-21-18(16-5-13-27-14-6-16)15-24(19)12-11-22-7-1-2-8-22/h5,15,17H,1-4,6-14H2,(H,25,26). The van der Waals surface area contributed by atoms with E-state index in [1.165, 1.54) is 36.4 Å². The van der Waals surface area contributed by atoms with Crippen LogP contribution < -0.4 is 0 Å². The van der Waals surface area contributed by atoms with E-state index < -0.39 is 6.09 Å². The largest absolute Gasteiger partial charge is 0.465 e. The van der Waals surface area contributed by atoms with Gasteiger partial charge in [0.15, 0.2) is 0 Å². The van der Waals surface area contributed by atoms with Crippen LogP contribution in [0.2, 0.25) is 0 Å². The van der Waals surface area contributed by atoms with Crippen LogP contribution in [0.15, 0.2) is 12.3 Å². The number of likely N-dealkylation sites (tertiary alicyclic amines) is 2. The topological polar surface area (TPSA) is 70.8 Å². The summed E-state index contributed by atoms with van der Waals surface area (Å²) in [4.78, 5) is 20.3. The predicted molar refractivity (Wildman–Crippen MR) is 103 cm³/mol. The highest BCUT2D eigenvalue weighted by Crippen LogP contribution is 2.30. The van der Waals surface area contributed by atoms with Gasteiger partial charge in [0, 0.05) is 38.3 Å². The van der Waals surface area contributed by atoms with Gasteiger partial charge >= 0.3 is 6.09 Å². The van der Waals surface area contributed by atoms with E-state index in [9.17, 15) is 9.90 Å². The summed E-state index contributed by atoms with van der Waals surface area (Å²) in [6.07, 6.45) is 8.80. The molecule has 2 saturated heterocycles. The third-order valence-corrected chi connectivity index (χ3v) is 6.09. The van der Waals surface area contributed by atoms with Crippen molar-refractivity contribution in [2.75, 3.05) is 45.9 Å². The van der Waals surface area contributed by atoms with Crippen LogP contribution in [0.4, 0.5) is 4.79 Å². The first-order chi connectivity index (χ1) is 13.2. The van der Waals surface area contributed by atoms with Crippen LogP contribution in [0.5, 0.6) is 0 Å². The summed E-state index contributed by atoms with van der Waals surface area (Å²) in [5.41, 5.74) is 2.36. The molecule has 1 aromatic rings. The van der Waals surface area contributed by atoms with Gasteiger partial charge in [-0.15, -0.1) is 0 Å². The van der Waals surface area contributed by atoms with Crippen molar-refractivity contribution >= 4 is 11.7 Å². The number of nitrogens with zero attached hydrogens (tertiary/aromatic N) is 4. The smallest absolute Gasteiger partial charge is 0.407 e. The molecule has 0 radical (unpaired) electrons. The van der Waals surface area contributed by atoms with Gasteiger partial charge in [-0.25, -0.2) is 9.78 Å². The van der Waals surface area contributed by atoms with E-state index in [-0.39, 0.29) is 0 Å². The highest BCUT2D eigenvalue weighted by atomic mass is 16.5. The summed E-state index contributed by atoms with van der Waals surface area (Å²) in [5, 5.41) is 9.21. The van der Waals surface area contributed by atoms with E-state index in [1.54, 1.807) is 0 Å². The Bertz CT molecular complexity index is 685. The molecule has 148 valence electrons. The summed E-state index contributed by atoms with van der Waals surface area (Å²) in [6.45, 7) is 7.08. The van der Waals surface area contributed by atoms with Crippen molar-refractivity contribution in [2.24, 2.45) is 0 Å². The minimum atomic E-state index is -0.807. The first kappa shape index (κ1) is 18.5. The predicted octanol–water partition coefficient (Wildman–Crippen LogP) is 2.64. The van der Waals surface area contributed by atoms with Crippen molar-refractivity contribution in [1.29, 1.82) is 0 Å². The zero-order chi connectivity index (χ0) is 18.6. The molecule has 1 amide bonds. The second-order valence-electron chi connectivity index (χ2n) is 7.82. The zero-order valence-electron chi connectivity index (χ0n) is 16.0. The van der Waals surface area contributed by atoms with Crippen molar-refractivity contribution in [3.63, 3.8) is 0 Å². The van der Waals surface area contributed by atoms with Crippen molar-refractivity contribution in [2.45, 2.75) is 44.6 Å². The van der Waals surface area contributed by atoms with Gasteiger partial charge in [-0.2, -0.15) is 0 Å².